The van der Waals surface area contributed by atoms with Crippen LogP contribution in [-0.4, -0.2) is 18.7 Å². The number of para-hydroxylation sites is 1. The van der Waals surface area contributed by atoms with Crippen LogP contribution in [0.4, 0.5) is 32.0 Å². The van der Waals surface area contributed by atoms with Crippen LogP contribution in [0.1, 0.15) is 46.5 Å². The largest absolute Gasteiger partial charge is 0.416 e. The third-order valence-electron chi connectivity index (χ3n) is 5.69. The standard InChI is InChI=1S/C26H21F6NO2/c1-24(2,17-13-18(25(27,28)29)15-19(14-17)26(30,31)32)23(35)33(3)21-12-8-7-11-20(21)22(34)16-9-5-4-6-10-16/h4-15H,1-3H3. The molecule has 1 amide bonds. The first-order chi connectivity index (χ1) is 16.1. The summed E-state index contributed by atoms with van der Waals surface area (Å²) in [7, 11) is 1.32. The van der Waals surface area contributed by atoms with Gasteiger partial charge in [0.2, 0.25) is 5.91 Å². The number of hydrogen-bond acceptors (Lipinski definition) is 2. The Bertz CT molecular complexity index is 1210. The molecule has 0 aliphatic heterocycles. The van der Waals surface area contributed by atoms with Crippen LogP contribution in [0, 0.1) is 0 Å². The van der Waals surface area contributed by atoms with Crippen LogP contribution < -0.4 is 4.90 Å². The summed E-state index contributed by atoms with van der Waals surface area (Å²) in [6.45, 7) is 2.48. The van der Waals surface area contributed by atoms with E-state index in [4.69, 9.17) is 0 Å². The zero-order valence-electron chi connectivity index (χ0n) is 19.0. The minimum atomic E-state index is -5.05. The second-order valence-electron chi connectivity index (χ2n) is 8.50. The Kier molecular flexibility index (Phi) is 6.83. The molecule has 0 aliphatic carbocycles. The van der Waals surface area contributed by atoms with Crippen LogP contribution in [0.5, 0.6) is 0 Å². The molecule has 0 radical (unpaired) electrons. The zero-order valence-corrected chi connectivity index (χ0v) is 19.0. The first kappa shape index (κ1) is 26.0. The molecule has 3 aromatic rings. The number of amides is 1. The summed E-state index contributed by atoms with van der Waals surface area (Å²) < 4.78 is 80.1. The smallest absolute Gasteiger partial charge is 0.314 e. The normalized spacial score (nSPS) is 12.4. The first-order valence-corrected chi connectivity index (χ1v) is 10.4. The Balaban J connectivity index is 2.07. The van der Waals surface area contributed by atoms with Crippen molar-refractivity contribution in [3.8, 4) is 0 Å². The fraction of sp³-hybridized carbons (Fsp3) is 0.231. The van der Waals surface area contributed by atoms with E-state index in [0.29, 0.717) is 17.7 Å². The summed E-state index contributed by atoms with van der Waals surface area (Å²) in [5, 5.41) is 0. The highest BCUT2D eigenvalue weighted by molar-refractivity contribution is 6.14. The summed E-state index contributed by atoms with van der Waals surface area (Å²) in [6.07, 6.45) is -10.1. The molecule has 0 heterocycles. The molecule has 0 atom stereocenters. The zero-order chi connectivity index (χ0) is 26.2. The molecule has 0 spiro atoms. The van der Waals surface area contributed by atoms with Gasteiger partial charge in [-0.05, 0) is 49.7 Å². The monoisotopic (exact) mass is 493 g/mol. The molecule has 0 aliphatic rings. The lowest BCUT2D eigenvalue weighted by Gasteiger charge is -2.31. The number of hydrogen-bond donors (Lipinski definition) is 0. The fourth-order valence-corrected chi connectivity index (χ4v) is 3.67. The molecule has 0 fully saturated rings. The van der Waals surface area contributed by atoms with Gasteiger partial charge < -0.3 is 4.90 Å². The van der Waals surface area contributed by atoms with Crippen molar-refractivity contribution in [3.05, 3.63) is 101 Å². The predicted molar refractivity (Wildman–Crippen MR) is 119 cm³/mol. The van der Waals surface area contributed by atoms with E-state index >= 15 is 0 Å². The number of likely N-dealkylation sites (N-methyl/N-ethyl adjacent to an activating group) is 1. The van der Waals surface area contributed by atoms with Gasteiger partial charge in [0.05, 0.1) is 22.2 Å². The third-order valence-corrected chi connectivity index (χ3v) is 5.69. The van der Waals surface area contributed by atoms with Gasteiger partial charge in [0.15, 0.2) is 5.78 Å². The number of rotatable bonds is 5. The summed E-state index contributed by atoms with van der Waals surface area (Å²) in [5.41, 5.74) is -4.58. The van der Waals surface area contributed by atoms with Crippen LogP contribution in [0.2, 0.25) is 0 Å². The van der Waals surface area contributed by atoms with E-state index in [1.165, 1.54) is 33.0 Å². The fourth-order valence-electron chi connectivity index (χ4n) is 3.67. The molecule has 0 unspecified atom stereocenters. The molecule has 184 valence electrons. The molecule has 0 bridgehead atoms. The van der Waals surface area contributed by atoms with Gasteiger partial charge in [-0.25, -0.2) is 0 Å². The van der Waals surface area contributed by atoms with Gasteiger partial charge in [0.25, 0.3) is 0 Å². The number of benzene rings is 3. The van der Waals surface area contributed by atoms with Crippen molar-refractivity contribution in [2.75, 3.05) is 11.9 Å². The second kappa shape index (κ2) is 9.20. The number of alkyl halides is 6. The van der Waals surface area contributed by atoms with Gasteiger partial charge >= 0.3 is 12.4 Å². The minimum absolute atomic E-state index is 0.0155. The van der Waals surface area contributed by atoms with E-state index in [0.717, 1.165) is 4.90 Å². The van der Waals surface area contributed by atoms with Crippen LogP contribution in [0.15, 0.2) is 72.8 Å². The van der Waals surface area contributed by atoms with Crippen molar-refractivity contribution in [3.63, 3.8) is 0 Å². The highest BCUT2D eigenvalue weighted by Gasteiger charge is 2.41. The Morgan fingerprint density at radius 1 is 0.686 bits per heavy atom. The lowest BCUT2D eigenvalue weighted by molar-refractivity contribution is -0.143. The summed E-state index contributed by atoms with van der Waals surface area (Å²) >= 11 is 0. The Labute approximate surface area is 198 Å². The van der Waals surface area contributed by atoms with Gasteiger partial charge in [-0.2, -0.15) is 26.3 Å². The lowest BCUT2D eigenvalue weighted by atomic mass is 9.81. The molecule has 0 N–H and O–H groups in total. The van der Waals surface area contributed by atoms with Gasteiger partial charge in [0.1, 0.15) is 0 Å². The molecular weight excluding hydrogens is 472 g/mol. The maximum absolute atomic E-state index is 13.5. The van der Waals surface area contributed by atoms with Crippen LogP contribution in [0.25, 0.3) is 0 Å². The van der Waals surface area contributed by atoms with Crippen molar-refractivity contribution >= 4 is 17.4 Å². The molecule has 0 saturated heterocycles. The highest BCUT2D eigenvalue weighted by atomic mass is 19.4. The van der Waals surface area contributed by atoms with Gasteiger partial charge in [0, 0.05) is 18.2 Å². The average molecular weight is 493 g/mol. The molecular formula is C26H21F6NO2. The van der Waals surface area contributed by atoms with E-state index in [1.54, 1.807) is 42.5 Å². The molecule has 9 heteroatoms. The summed E-state index contributed by atoms with van der Waals surface area (Å²) in [5.74, 6) is -1.18. The molecule has 0 saturated carbocycles. The molecule has 3 nitrogen and oxygen atoms in total. The van der Waals surface area contributed by atoms with E-state index < -0.39 is 46.1 Å². The SMILES string of the molecule is CN(C(=O)C(C)(C)c1cc(C(F)(F)F)cc(C(F)(F)F)c1)c1ccccc1C(=O)c1ccccc1. The highest BCUT2D eigenvalue weighted by Crippen LogP contribution is 2.40. The molecule has 0 aromatic heterocycles. The van der Waals surface area contributed by atoms with Crippen molar-refractivity contribution in [2.45, 2.75) is 31.6 Å². The number of carbonyl (C=O) groups excluding carboxylic acids is 2. The number of nitrogens with zero attached hydrogens (tertiary/aromatic N) is 1. The van der Waals surface area contributed by atoms with Crippen molar-refractivity contribution in [1.82, 2.24) is 0 Å². The van der Waals surface area contributed by atoms with Crippen LogP contribution >= 0.6 is 0 Å². The summed E-state index contributed by atoms with van der Waals surface area (Å²) in [6, 6.07) is 15.5. The summed E-state index contributed by atoms with van der Waals surface area (Å²) in [4.78, 5) is 27.6. The average Bonchev–Trinajstić information content (AvgIpc) is 2.81. The quantitative estimate of drug-likeness (QED) is 0.287. The molecule has 3 aromatic carbocycles. The van der Waals surface area contributed by atoms with E-state index in [-0.39, 0.29) is 17.3 Å². The number of carbonyl (C=O) groups is 2. The van der Waals surface area contributed by atoms with Crippen molar-refractivity contribution < 1.29 is 35.9 Å². The van der Waals surface area contributed by atoms with Crippen molar-refractivity contribution in [2.24, 2.45) is 0 Å². The van der Waals surface area contributed by atoms with E-state index in [2.05, 4.69) is 0 Å². The topological polar surface area (TPSA) is 37.4 Å². The van der Waals surface area contributed by atoms with Crippen LogP contribution in [-0.2, 0) is 22.6 Å². The third kappa shape index (κ3) is 5.39. The Hall–Kier alpha value is -3.62. The first-order valence-electron chi connectivity index (χ1n) is 10.4. The Morgan fingerprint density at radius 2 is 1.14 bits per heavy atom. The van der Waals surface area contributed by atoms with Crippen molar-refractivity contribution in [1.29, 1.82) is 0 Å². The van der Waals surface area contributed by atoms with Gasteiger partial charge in [-0.1, -0.05) is 42.5 Å². The number of halogens is 6. The maximum atomic E-state index is 13.5. The molecule has 3 rings (SSSR count). The molecule has 35 heavy (non-hydrogen) atoms. The van der Waals surface area contributed by atoms with E-state index in [9.17, 15) is 35.9 Å². The van der Waals surface area contributed by atoms with Crippen LogP contribution in [0.3, 0.4) is 0 Å². The van der Waals surface area contributed by atoms with Gasteiger partial charge in [-0.3, -0.25) is 9.59 Å². The maximum Gasteiger partial charge on any atom is 0.416 e. The lowest BCUT2D eigenvalue weighted by Crippen LogP contribution is -2.42. The minimum Gasteiger partial charge on any atom is -0.314 e. The second-order valence-corrected chi connectivity index (χ2v) is 8.50. The number of ketones is 1. The van der Waals surface area contributed by atoms with E-state index in [1.807, 2.05) is 0 Å². The Morgan fingerprint density at radius 3 is 1.66 bits per heavy atom. The predicted octanol–water partition coefficient (Wildman–Crippen LogP) is 6.90. The number of anilines is 1. The van der Waals surface area contributed by atoms with Gasteiger partial charge in [-0.15, -0.1) is 0 Å².